The first-order valence-electron chi connectivity index (χ1n) is 6.24. The van der Waals surface area contributed by atoms with Gasteiger partial charge < -0.3 is 4.90 Å². The van der Waals surface area contributed by atoms with Gasteiger partial charge in [0.2, 0.25) is 0 Å². The Hall–Kier alpha value is -1.14. The van der Waals surface area contributed by atoms with Gasteiger partial charge in [-0.05, 0) is 50.9 Å². The van der Waals surface area contributed by atoms with Gasteiger partial charge in [0, 0.05) is 24.3 Å². The zero-order valence-corrected chi connectivity index (χ0v) is 14.5. The predicted molar refractivity (Wildman–Crippen MR) is 85.5 cm³/mol. The van der Waals surface area contributed by atoms with Crippen LogP contribution >= 0.6 is 31.9 Å². The van der Waals surface area contributed by atoms with Gasteiger partial charge in [-0.2, -0.15) is 5.10 Å². The fourth-order valence-electron chi connectivity index (χ4n) is 1.84. The molecule has 20 heavy (non-hydrogen) atoms. The minimum atomic E-state index is -0.0320. The van der Waals surface area contributed by atoms with Gasteiger partial charge >= 0.3 is 0 Å². The Morgan fingerprint density at radius 3 is 2.60 bits per heavy atom. The van der Waals surface area contributed by atoms with Crippen LogP contribution in [0.4, 0.5) is 0 Å². The number of nitrogens with zero attached hydrogens (tertiary/aromatic N) is 3. The topological polar surface area (TPSA) is 38.1 Å². The van der Waals surface area contributed by atoms with Gasteiger partial charge in [0.05, 0.1) is 22.3 Å². The highest BCUT2D eigenvalue weighted by molar-refractivity contribution is 9.10. The van der Waals surface area contributed by atoms with Crippen LogP contribution < -0.4 is 0 Å². The van der Waals surface area contributed by atoms with Crippen LogP contribution in [0.5, 0.6) is 0 Å². The van der Waals surface area contributed by atoms with E-state index in [0.717, 1.165) is 21.2 Å². The minimum absolute atomic E-state index is 0.0320. The van der Waals surface area contributed by atoms with Gasteiger partial charge in [0.1, 0.15) is 0 Å². The van der Waals surface area contributed by atoms with Gasteiger partial charge in [-0.25, -0.2) is 0 Å². The molecule has 0 radical (unpaired) electrons. The van der Waals surface area contributed by atoms with Crippen LogP contribution in [0, 0.1) is 0 Å². The van der Waals surface area contributed by atoms with Crippen molar-refractivity contribution in [1.29, 1.82) is 0 Å². The third-order valence-corrected chi connectivity index (χ3v) is 4.30. The monoisotopic (exact) mass is 399 g/mol. The molecule has 2 aromatic rings. The van der Waals surface area contributed by atoms with E-state index in [1.165, 1.54) is 0 Å². The highest BCUT2D eigenvalue weighted by Gasteiger charge is 2.17. The molecule has 0 spiro atoms. The van der Waals surface area contributed by atoms with Crippen LogP contribution in [0.3, 0.4) is 0 Å². The van der Waals surface area contributed by atoms with Crippen LogP contribution in [-0.4, -0.2) is 27.6 Å². The number of hydrogen-bond donors (Lipinski definition) is 0. The quantitative estimate of drug-likeness (QED) is 0.784. The van der Waals surface area contributed by atoms with Crippen molar-refractivity contribution in [2.75, 3.05) is 7.05 Å². The molecule has 0 atom stereocenters. The number of aromatic nitrogens is 2. The van der Waals surface area contributed by atoms with Crippen molar-refractivity contribution in [3.63, 3.8) is 0 Å². The number of hydrogen-bond acceptors (Lipinski definition) is 2. The lowest BCUT2D eigenvalue weighted by molar-refractivity contribution is 0.0782. The molecule has 0 aliphatic rings. The lowest BCUT2D eigenvalue weighted by Crippen LogP contribution is -2.27. The largest absolute Gasteiger partial charge is 0.336 e. The van der Waals surface area contributed by atoms with Crippen molar-refractivity contribution in [1.82, 2.24) is 14.7 Å². The van der Waals surface area contributed by atoms with Crippen LogP contribution in [0.15, 0.2) is 39.4 Å². The SMILES string of the molecule is CCn1cc(Br)c(CN(C)C(=O)c2ccccc2Br)n1. The fraction of sp³-hybridized carbons (Fsp3) is 0.286. The van der Waals surface area contributed by atoms with Gasteiger partial charge in [-0.3, -0.25) is 9.48 Å². The second-order valence-electron chi connectivity index (χ2n) is 4.42. The summed E-state index contributed by atoms with van der Waals surface area (Å²) in [5.41, 5.74) is 1.51. The molecular formula is C14H15Br2N3O. The molecule has 0 unspecified atom stereocenters. The maximum absolute atomic E-state index is 12.4. The molecule has 0 saturated heterocycles. The Balaban J connectivity index is 2.15. The molecule has 0 saturated carbocycles. The second kappa shape index (κ2) is 6.54. The number of benzene rings is 1. The first-order chi connectivity index (χ1) is 9.52. The van der Waals surface area contributed by atoms with Gasteiger partial charge in [0.15, 0.2) is 0 Å². The lowest BCUT2D eigenvalue weighted by Gasteiger charge is -2.17. The average molecular weight is 401 g/mol. The number of carbonyl (C=O) groups excluding carboxylic acids is 1. The number of carbonyl (C=O) groups is 1. The smallest absolute Gasteiger partial charge is 0.255 e. The van der Waals surface area contributed by atoms with Crippen molar-refractivity contribution in [3.05, 3.63) is 50.7 Å². The summed E-state index contributed by atoms with van der Waals surface area (Å²) in [6.07, 6.45) is 1.92. The molecule has 0 aliphatic carbocycles. The molecule has 0 aliphatic heterocycles. The molecule has 106 valence electrons. The molecule has 6 heteroatoms. The molecule has 0 N–H and O–H groups in total. The summed E-state index contributed by atoms with van der Waals surface area (Å²) in [4.78, 5) is 14.1. The molecule has 0 bridgehead atoms. The Morgan fingerprint density at radius 2 is 2.00 bits per heavy atom. The normalized spacial score (nSPS) is 10.6. The summed E-state index contributed by atoms with van der Waals surface area (Å²) < 4.78 is 3.57. The maximum Gasteiger partial charge on any atom is 0.255 e. The van der Waals surface area contributed by atoms with E-state index in [0.29, 0.717) is 12.1 Å². The molecule has 0 fully saturated rings. The number of amides is 1. The van der Waals surface area contributed by atoms with Gasteiger partial charge in [0.25, 0.3) is 5.91 Å². The summed E-state index contributed by atoms with van der Waals surface area (Å²) in [6, 6.07) is 7.42. The Labute approximate surface area is 135 Å². The fourth-order valence-corrected chi connectivity index (χ4v) is 2.74. The second-order valence-corrected chi connectivity index (χ2v) is 6.13. The van der Waals surface area contributed by atoms with Crippen molar-refractivity contribution in [2.45, 2.75) is 20.0 Å². The third-order valence-electron chi connectivity index (χ3n) is 2.95. The van der Waals surface area contributed by atoms with Gasteiger partial charge in [-0.15, -0.1) is 0 Å². The summed E-state index contributed by atoms with van der Waals surface area (Å²) in [5, 5.41) is 4.43. The van der Waals surface area contributed by atoms with Crippen molar-refractivity contribution in [3.8, 4) is 0 Å². The number of halogens is 2. The highest BCUT2D eigenvalue weighted by atomic mass is 79.9. The molecular weight excluding hydrogens is 386 g/mol. The molecule has 1 aromatic heterocycles. The standard InChI is InChI=1S/C14H15Br2N3O/c1-3-19-8-12(16)13(17-19)9-18(2)14(20)10-6-4-5-7-11(10)15/h4-8H,3,9H2,1-2H3. The minimum Gasteiger partial charge on any atom is -0.336 e. The molecule has 1 amide bonds. The van der Waals surface area contributed by atoms with E-state index in [-0.39, 0.29) is 5.91 Å². The van der Waals surface area contributed by atoms with E-state index < -0.39 is 0 Å². The first kappa shape index (κ1) is 15.3. The van der Waals surface area contributed by atoms with E-state index in [2.05, 4.69) is 37.0 Å². The molecule has 2 rings (SSSR count). The van der Waals surface area contributed by atoms with Crippen LogP contribution in [0.1, 0.15) is 23.0 Å². The van der Waals surface area contributed by atoms with E-state index >= 15 is 0 Å². The predicted octanol–water partition coefficient (Wildman–Crippen LogP) is 3.70. The van der Waals surface area contributed by atoms with E-state index in [1.54, 1.807) is 11.9 Å². The maximum atomic E-state index is 12.4. The summed E-state index contributed by atoms with van der Waals surface area (Å²) >= 11 is 6.88. The third kappa shape index (κ3) is 3.30. The molecule has 1 aromatic carbocycles. The number of aryl methyl sites for hydroxylation is 1. The Morgan fingerprint density at radius 1 is 1.30 bits per heavy atom. The zero-order valence-electron chi connectivity index (χ0n) is 11.3. The zero-order chi connectivity index (χ0) is 14.7. The Kier molecular flexibility index (Phi) is 4.99. The van der Waals surface area contributed by atoms with Crippen LogP contribution in [0.25, 0.3) is 0 Å². The summed E-state index contributed by atoms with van der Waals surface area (Å²) in [6.45, 7) is 3.30. The summed E-state index contributed by atoms with van der Waals surface area (Å²) in [7, 11) is 1.78. The lowest BCUT2D eigenvalue weighted by atomic mass is 10.2. The number of rotatable bonds is 4. The van der Waals surface area contributed by atoms with E-state index in [9.17, 15) is 4.79 Å². The van der Waals surface area contributed by atoms with Crippen molar-refractivity contribution >= 4 is 37.8 Å². The van der Waals surface area contributed by atoms with E-state index in [1.807, 2.05) is 42.1 Å². The van der Waals surface area contributed by atoms with Crippen LogP contribution in [0.2, 0.25) is 0 Å². The summed E-state index contributed by atoms with van der Waals surface area (Å²) in [5.74, 6) is -0.0320. The van der Waals surface area contributed by atoms with Crippen LogP contribution in [-0.2, 0) is 13.1 Å². The Bertz CT molecular complexity index is 625. The van der Waals surface area contributed by atoms with Crippen molar-refractivity contribution in [2.24, 2.45) is 0 Å². The highest BCUT2D eigenvalue weighted by Crippen LogP contribution is 2.20. The first-order valence-corrected chi connectivity index (χ1v) is 7.83. The molecule has 1 heterocycles. The van der Waals surface area contributed by atoms with Gasteiger partial charge in [-0.1, -0.05) is 12.1 Å². The average Bonchev–Trinajstić information content (AvgIpc) is 2.79. The molecule has 4 nitrogen and oxygen atoms in total. The van der Waals surface area contributed by atoms with Crippen molar-refractivity contribution < 1.29 is 4.79 Å². The van der Waals surface area contributed by atoms with E-state index in [4.69, 9.17) is 0 Å².